The van der Waals surface area contributed by atoms with Crippen molar-refractivity contribution in [2.75, 3.05) is 31.2 Å². The molecular formula is C41H42Cl2N6O3. The Morgan fingerprint density at radius 2 is 1.75 bits per heavy atom. The second-order valence-electron chi connectivity index (χ2n) is 14.2. The monoisotopic (exact) mass is 736 g/mol. The molecule has 1 amide bonds. The molecule has 1 atom stereocenters. The summed E-state index contributed by atoms with van der Waals surface area (Å²) in [6.45, 7) is 12.5. The summed E-state index contributed by atoms with van der Waals surface area (Å²) in [5, 5.41) is 8.14. The predicted octanol–water partition coefficient (Wildman–Crippen LogP) is 9.08. The van der Waals surface area contributed by atoms with Crippen molar-refractivity contribution in [1.82, 2.24) is 18.9 Å². The fourth-order valence-electron chi connectivity index (χ4n) is 8.17. The molecule has 0 spiro atoms. The number of nitrogens with zero attached hydrogens (tertiary/aromatic N) is 6. The lowest BCUT2D eigenvalue weighted by molar-refractivity contribution is 0.0957. The highest BCUT2D eigenvalue weighted by Crippen LogP contribution is 2.46. The Morgan fingerprint density at radius 1 is 0.981 bits per heavy atom. The summed E-state index contributed by atoms with van der Waals surface area (Å²) < 4.78 is 18.3. The number of fused-ring (bicyclic) bond motifs is 4. The summed E-state index contributed by atoms with van der Waals surface area (Å²) in [6.07, 6.45) is 3.40. The van der Waals surface area contributed by atoms with Gasteiger partial charge in [-0.25, -0.2) is 4.99 Å². The van der Waals surface area contributed by atoms with Crippen LogP contribution in [0.25, 0.3) is 32.9 Å². The highest BCUT2D eigenvalue weighted by atomic mass is 35.5. The number of halogens is 2. The van der Waals surface area contributed by atoms with Crippen LogP contribution in [0.5, 0.6) is 5.75 Å². The van der Waals surface area contributed by atoms with Crippen LogP contribution in [-0.2, 0) is 25.3 Å². The molecule has 3 aromatic carbocycles. The molecule has 0 fully saturated rings. The highest BCUT2D eigenvalue weighted by molar-refractivity contribution is 6.35. The number of hydrogen-bond donors (Lipinski definition) is 0. The van der Waals surface area contributed by atoms with Gasteiger partial charge in [-0.3, -0.25) is 9.48 Å². The number of aromatic nitrogens is 4. The second-order valence-corrected chi connectivity index (χ2v) is 15.0. The third-order valence-electron chi connectivity index (χ3n) is 10.7. The largest absolute Gasteiger partial charge is 0.494 e. The van der Waals surface area contributed by atoms with Crippen LogP contribution in [-0.4, -0.2) is 57.0 Å². The van der Waals surface area contributed by atoms with Crippen LogP contribution >= 0.6 is 23.2 Å². The van der Waals surface area contributed by atoms with Crippen molar-refractivity contribution < 1.29 is 14.3 Å². The number of benzene rings is 3. The minimum absolute atomic E-state index is 0.0387. The molecule has 0 aliphatic carbocycles. The molecule has 6 aromatic rings. The lowest BCUT2D eigenvalue weighted by Gasteiger charge is -2.34. The number of carbonyl (C=O) groups excluding carboxylic acids is 1. The van der Waals surface area contributed by atoms with Gasteiger partial charge in [0.15, 0.2) is 0 Å². The topological polar surface area (TPSA) is 78.8 Å². The smallest absolute Gasteiger partial charge is 0.275 e. The van der Waals surface area contributed by atoms with E-state index in [0.29, 0.717) is 55.8 Å². The van der Waals surface area contributed by atoms with Gasteiger partial charge in [0.05, 0.1) is 35.1 Å². The van der Waals surface area contributed by atoms with E-state index in [2.05, 4.69) is 52.4 Å². The zero-order valence-electron chi connectivity index (χ0n) is 30.6. The van der Waals surface area contributed by atoms with E-state index in [-0.39, 0.29) is 11.9 Å². The quantitative estimate of drug-likeness (QED) is 0.146. The Kier molecular flexibility index (Phi) is 8.62. The Morgan fingerprint density at radius 3 is 2.44 bits per heavy atom. The molecule has 3 aromatic heterocycles. The van der Waals surface area contributed by atoms with Crippen LogP contribution in [0.4, 0.5) is 5.69 Å². The SMILES string of the molecule is Cc1cc(OCCCc2c3n(c4c(-c5c(C)nn(C)c5C)c(Cl)ccc24)C(C)CN(c2cn(C)c4ccc(C5=NCCO5)cc24)C3=O)cc(C)c1Cl. The van der Waals surface area contributed by atoms with Gasteiger partial charge in [-0.2, -0.15) is 5.10 Å². The first kappa shape index (κ1) is 34.4. The molecule has 0 bridgehead atoms. The van der Waals surface area contributed by atoms with Gasteiger partial charge in [0.25, 0.3) is 5.91 Å². The van der Waals surface area contributed by atoms with Gasteiger partial charge in [0, 0.05) is 76.6 Å². The molecule has 11 heteroatoms. The zero-order valence-corrected chi connectivity index (χ0v) is 32.1. The average Bonchev–Trinajstić information content (AvgIpc) is 3.89. The summed E-state index contributed by atoms with van der Waals surface area (Å²) in [5.74, 6) is 1.40. The van der Waals surface area contributed by atoms with E-state index < -0.39 is 0 Å². The molecule has 0 saturated carbocycles. The van der Waals surface area contributed by atoms with E-state index in [4.69, 9.17) is 37.8 Å². The summed E-state index contributed by atoms with van der Waals surface area (Å²) in [5.41, 5.74) is 11.3. The minimum atomic E-state index is -0.0595. The first-order valence-corrected chi connectivity index (χ1v) is 18.5. The molecular weight excluding hydrogens is 695 g/mol. The summed E-state index contributed by atoms with van der Waals surface area (Å²) in [6, 6.07) is 14.1. The Balaban J connectivity index is 1.26. The number of carbonyl (C=O) groups is 1. The molecule has 268 valence electrons. The Hall–Kier alpha value is -4.73. The average molecular weight is 738 g/mol. The zero-order chi connectivity index (χ0) is 36.6. The molecule has 52 heavy (non-hydrogen) atoms. The lowest BCUT2D eigenvalue weighted by Crippen LogP contribution is -2.42. The normalized spacial score (nSPS) is 15.9. The van der Waals surface area contributed by atoms with Crippen molar-refractivity contribution in [2.45, 2.75) is 53.5 Å². The van der Waals surface area contributed by atoms with Crippen LogP contribution in [0, 0.1) is 27.7 Å². The molecule has 2 aliphatic heterocycles. The van der Waals surface area contributed by atoms with E-state index in [9.17, 15) is 0 Å². The van der Waals surface area contributed by atoms with Gasteiger partial charge in [0.1, 0.15) is 18.1 Å². The minimum Gasteiger partial charge on any atom is -0.494 e. The number of hydrogen-bond acceptors (Lipinski definition) is 5. The third-order valence-corrected chi connectivity index (χ3v) is 11.6. The maximum absolute atomic E-state index is 15.1. The van der Waals surface area contributed by atoms with Crippen LogP contribution < -0.4 is 9.64 Å². The van der Waals surface area contributed by atoms with E-state index in [1.807, 2.05) is 68.7 Å². The van der Waals surface area contributed by atoms with Gasteiger partial charge in [-0.15, -0.1) is 0 Å². The van der Waals surface area contributed by atoms with Crippen LogP contribution in [0.3, 0.4) is 0 Å². The standard InChI is InChI=1S/C41H42Cl2N6O3/c1-22-17-28(18-23(2)37(22)43)51-15-8-9-29-30-11-12-32(42)36(35-25(4)45-47(7)26(35)5)38(30)49-24(3)20-48(41(50)39(29)49)34-21-46(6)33-13-10-27(19-31(33)34)40-44-14-16-52-40/h10-13,17-19,21,24H,8-9,14-16,20H2,1-7H3. The van der Waals surface area contributed by atoms with Gasteiger partial charge in [-0.1, -0.05) is 29.3 Å². The lowest BCUT2D eigenvalue weighted by atomic mass is 9.98. The summed E-state index contributed by atoms with van der Waals surface area (Å²) >= 11 is 13.5. The van der Waals surface area contributed by atoms with E-state index >= 15 is 4.79 Å². The predicted molar refractivity (Wildman–Crippen MR) is 210 cm³/mol. The molecule has 2 aliphatic rings. The first-order chi connectivity index (χ1) is 24.9. The van der Waals surface area contributed by atoms with E-state index in [1.165, 1.54) is 0 Å². The third kappa shape index (κ3) is 5.48. The summed E-state index contributed by atoms with van der Waals surface area (Å²) in [4.78, 5) is 21.6. The van der Waals surface area contributed by atoms with Crippen molar-refractivity contribution >= 4 is 62.5 Å². The number of ether oxygens (including phenoxy) is 2. The van der Waals surface area contributed by atoms with Gasteiger partial charge >= 0.3 is 0 Å². The molecule has 0 N–H and O–H groups in total. The van der Waals surface area contributed by atoms with Gasteiger partial charge < -0.3 is 23.5 Å². The van der Waals surface area contributed by atoms with Crippen LogP contribution in [0.1, 0.15) is 63.5 Å². The molecule has 0 saturated heterocycles. The van der Waals surface area contributed by atoms with Gasteiger partial charge in [0.2, 0.25) is 5.90 Å². The number of amides is 1. The van der Waals surface area contributed by atoms with Crippen LogP contribution in [0.15, 0.2) is 53.7 Å². The second kappa shape index (κ2) is 13.0. The van der Waals surface area contributed by atoms with Crippen LogP contribution in [0.2, 0.25) is 10.0 Å². The fraction of sp³-hybridized carbons (Fsp3) is 0.341. The first-order valence-electron chi connectivity index (χ1n) is 17.8. The maximum Gasteiger partial charge on any atom is 0.275 e. The van der Waals surface area contributed by atoms with E-state index in [1.54, 1.807) is 0 Å². The highest BCUT2D eigenvalue weighted by Gasteiger charge is 2.37. The van der Waals surface area contributed by atoms with Crippen molar-refractivity contribution in [2.24, 2.45) is 19.1 Å². The molecule has 5 heterocycles. The van der Waals surface area contributed by atoms with Crippen molar-refractivity contribution in [3.63, 3.8) is 0 Å². The van der Waals surface area contributed by atoms with Crippen molar-refractivity contribution in [1.29, 1.82) is 0 Å². The number of anilines is 1. The molecule has 1 unspecified atom stereocenters. The molecule has 9 nitrogen and oxygen atoms in total. The Labute approximate surface area is 313 Å². The maximum atomic E-state index is 15.1. The number of rotatable bonds is 8. The fourth-order valence-corrected chi connectivity index (χ4v) is 8.52. The molecule has 0 radical (unpaired) electrons. The molecule has 8 rings (SSSR count). The van der Waals surface area contributed by atoms with Crippen molar-refractivity contribution in [3.05, 3.63) is 98.0 Å². The Bertz CT molecular complexity index is 2450. The van der Waals surface area contributed by atoms with Crippen molar-refractivity contribution in [3.8, 4) is 16.9 Å². The number of aliphatic imine (C=N–C) groups is 1. The number of aryl methyl sites for hydroxylation is 6. The summed E-state index contributed by atoms with van der Waals surface area (Å²) in [7, 11) is 3.97. The van der Waals surface area contributed by atoms with E-state index in [0.717, 1.165) is 83.0 Å². The van der Waals surface area contributed by atoms with Gasteiger partial charge in [-0.05, 0) is 101 Å².